The summed E-state index contributed by atoms with van der Waals surface area (Å²) >= 11 is 0. The van der Waals surface area contributed by atoms with Gasteiger partial charge in [-0.15, -0.1) is 0 Å². The lowest BCUT2D eigenvalue weighted by molar-refractivity contribution is -0.137. The molecule has 0 saturated heterocycles. The van der Waals surface area contributed by atoms with E-state index in [2.05, 4.69) is 33.0 Å². The molecule has 0 aliphatic heterocycles. The zero-order valence-electron chi connectivity index (χ0n) is 11.2. The molecule has 0 rings (SSSR count). The van der Waals surface area contributed by atoms with Gasteiger partial charge in [0.2, 0.25) is 0 Å². The summed E-state index contributed by atoms with van der Waals surface area (Å²) < 4.78 is 0. The molecular formula is C13H27NO2. The van der Waals surface area contributed by atoms with Crippen molar-refractivity contribution in [3.8, 4) is 0 Å². The molecule has 0 unspecified atom stereocenters. The van der Waals surface area contributed by atoms with E-state index < -0.39 is 5.97 Å². The highest BCUT2D eigenvalue weighted by molar-refractivity contribution is 5.66. The van der Waals surface area contributed by atoms with Crippen molar-refractivity contribution in [1.82, 2.24) is 5.32 Å². The largest absolute Gasteiger partial charge is 0.481 e. The van der Waals surface area contributed by atoms with Crippen molar-refractivity contribution >= 4 is 5.97 Å². The van der Waals surface area contributed by atoms with Gasteiger partial charge in [-0.3, -0.25) is 4.79 Å². The monoisotopic (exact) mass is 229 g/mol. The molecular weight excluding hydrogens is 202 g/mol. The minimum Gasteiger partial charge on any atom is -0.481 e. The molecule has 0 bridgehead atoms. The molecule has 0 heterocycles. The molecule has 0 atom stereocenters. The summed E-state index contributed by atoms with van der Waals surface area (Å²) in [5, 5.41) is 12.0. The van der Waals surface area contributed by atoms with E-state index in [1.165, 1.54) is 6.42 Å². The Bertz CT molecular complexity index is 200. The number of carboxylic acids is 1. The summed E-state index contributed by atoms with van der Waals surface area (Å²) in [6.07, 6.45) is 3.28. The van der Waals surface area contributed by atoms with Gasteiger partial charge in [0.05, 0.1) is 0 Å². The summed E-state index contributed by atoms with van der Waals surface area (Å²) in [6, 6.07) is 0. The number of carboxylic acid groups (broad SMARTS) is 1. The SMILES string of the molecule is CC(C)CCNCCC(C)(C)CCC(=O)O. The zero-order chi connectivity index (χ0) is 12.6. The van der Waals surface area contributed by atoms with Crippen molar-refractivity contribution in [3.05, 3.63) is 0 Å². The van der Waals surface area contributed by atoms with E-state index in [1.807, 2.05) is 0 Å². The minimum absolute atomic E-state index is 0.128. The summed E-state index contributed by atoms with van der Waals surface area (Å²) in [4.78, 5) is 10.5. The third-order valence-corrected chi connectivity index (χ3v) is 2.89. The summed E-state index contributed by atoms with van der Waals surface area (Å²) in [7, 11) is 0. The van der Waals surface area contributed by atoms with Gasteiger partial charge in [0.25, 0.3) is 0 Å². The molecule has 96 valence electrons. The molecule has 0 spiro atoms. The Morgan fingerprint density at radius 3 is 2.38 bits per heavy atom. The zero-order valence-corrected chi connectivity index (χ0v) is 11.2. The average Bonchev–Trinajstić information content (AvgIpc) is 2.14. The summed E-state index contributed by atoms with van der Waals surface area (Å²) in [5.41, 5.74) is 0.128. The van der Waals surface area contributed by atoms with E-state index in [0.717, 1.165) is 31.8 Å². The van der Waals surface area contributed by atoms with Crippen LogP contribution in [0.1, 0.15) is 53.4 Å². The smallest absolute Gasteiger partial charge is 0.303 e. The molecule has 0 aromatic carbocycles. The van der Waals surface area contributed by atoms with Gasteiger partial charge in [0.15, 0.2) is 0 Å². The number of carbonyl (C=O) groups is 1. The van der Waals surface area contributed by atoms with E-state index in [1.54, 1.807) is 0 Å². The fraction of sp³-hybridized carbons (Fsp3) is 0.923. The van der Waals surface area contributed by atoms with Crippen LogP contribution in [0, 0.1) is 11.3 Å². The van der Waals surface area contributed by atoms with Crippen LogP contribution in [0.5, 0.6) is 0 Å². The number of aliphatic carboxylic acids is 1. The predicted octanol–water partition coefficient (Wildman–Crippen LogP) is 2.90. The molecule has 0 aromatic rings. The topological polar surface area (TPSA) is 49.3 Å². The number of nitrogens with one attached hydrogen (secondary N) is 1. The van der Waals surface area contributed by atoms with Gasteiger partial charge >= 0.3 is 5.97 Å². The van der Waals surface area contributed by atoms with Gasteiger partial charge in [-0.05, 0) is 43.7 Å². The highest BCUT2D eigenvalue weighted by atomic mass is 16.4. The second kappa shape index (κ2) is 7.66. The third-order valence-electron chi connectivity index (χ3n) is 2.89. The lowest BCUT2D eigenvalue weighted by Gasteiger charge is -2.24. The van der Waals surface area contributed by atoms with E-state index in [9.17, 15) is 4.79 Å². The first-order valence-corrected chi connectivity index (χ1v) is 6.26. The molecule has 0 saturated carbocycles. The molecule has 0 fully saturated rings. The predicted molar refractivity (Wildman–Crippen MR) is 67.6 cm³/mol. The quantitative estimate of drug-likeness (QED) is 0.598. The van der Waals surface area contributed by atoms with Crippen molar-refractivity contribution in [2.45, 2.75) is 53.4 Å². The normalized spacial score (nSPS) is 12.1. The van der Waals surface area contributed by atoms with Crippen LogP contribution in [0.2, 0.25) is 0 Å². The maximum Gasteiger partial charge on any atom is 0.303 e. The van der Waals surface area contributed by atoms with Crippen molar-refractivity contribution in [2.75, 3.05) is 13.1 Å². The second-order valence-electron chi connectivity index (χ2n) is 5.74. The Hall–Kier alpha value is -0.570. The Morgan fingerprint density at radius 2 is 1.88 bits per heavy atom. The number of rotatable bonds is 9. The van der Waals surface area contributed by atoms with Gasteiger partial charge in [-0.2, -0.15) is 0 Å². The van der Waals surface area contributed by atoms with Crippen LogP contribution in [0.3, 0.4) is 0 Å². The van der Waals surface area contributed by atoms with Gasteiger partial charge < -0.3 is 10.4 Å². The molecule has 2 N–H and O–H groups in total. The highest BCUT2D eigenvalue weighted by Crippen LogP contribution is 2.25. The van der Waals surface area contributed by atoms with Crippen molar-refractivity contribution < 1.29 is 9.90 Å². The number of hydrogen-bond donors (Lipinski definition) is 2. The van der Waals surface area contributed by atoms with Crippen molar-refractivity contribution in [2.24, 2.45) is 11.3 Å². The first-order valence-electron chi connectivity index (χ1n) is 6.26. The summed E-state index contributed by atoms with van der Waals surface area (Å²) in [5.74, 6) is 0.0494. The standard InChI is InChI=1S/C13H27NO2/c1-11(2)6-9-14-10-8-13(3,4)7-5-12(15)16/h11,14H,5-10H2,1-4H3,(H,15,16). The van der Waals surface area contributed by atoms with Crippen LogP contribution < -0.4 is 5.32 Å². The van der Waals surface area contributed by atoms with E-state index in [4.69, 9.17) is 5.11 Å². The van der Waals surface area contributed by atoms with Gasteiger partial charge in [-0.25, -0.2) is 0 Å². The van der Waals surface area contributed by atoms with Crippen LogP contribution in [0.4, 0.5) is 0 Å². The average molecular weight is 229 g/mol. The lowest BCUT2D eigenvalue weighted by Crippen LogP contribution is -2.24. The Balaban J connectivity index is 3.53. The third kappa shape index (κ3) is 9.97. The van der Waals surface area contributed by atoms with E-state index >= 15 is 0 Å². The van der Waals surface area contributed by atoms with Crippen LogP contribution in [-0.4, -0.2) is 24.2 Å². The van der Waals surface area contributed by atoms with Crippen molar-refractivity contribution in [3.63, 3.8) is 0 Å². The maximum absolute atomic E-state index is 10.5. The minimum atomic E-state index is -0.694. The highest BCUT2D eigenvalue weighted by Gasteiger charge is 2.18. The van der Waals surface area contributed by atoms with Crippen LogP contribution in [0.25, 0.3) is 0 Å². The lowest BCUT2D eigenvalue weighted by atomic mass is 9.84. The molecule has 0 aromatic heterocycles. The fourth-order valence-electron chi connectivity index (χ4n) is 1.51. The maximum atomic E-state index is 10.5. The molecule has 3 nitrogen and oxygen atoms in total. The van der Waals surface area contributed by atoms with E-state index in [0.29, 0.717) is 0 Å². The van der Waals surface area contributed by atoms with E-state index in [-0.39, 0.29) is 11.8 Å². The van der Waals surface area contributed by atoms with Crippen molar-refractivity contribution in [1.29, 1.82) is 0 Å². The molecule has 0 aliphatic carbocycles. The molecule has 0 aliphatic rings. The van der Waals surface area contributed by atoms with Gasteiger partial charge in [-0.1, -0.05) is 27.7 Å². The molecule has 3 heteroatoms. The molecule has 16 heavy (non-hydrogen) atoms. The Labute approximate surface area is 99.6 Å². The Kier molecular flexibility index (Phi) is 7.39. The fourth-order valence-corrected chi connectivity index (χ4v) is 1.51. The Morgan fingerprint density at radius 1 is 1.25 bits per heavy atom. The molecule has 0 radical (unpaired) electrons. The first kappa shape index (κ1) is 15.4. The van der Waals surface area contributed by atoms with Crippen LogP contribution in [0.15, 0.2) is 0 Å². The van der Waals surface area contributed by atoms with Crippen LogP contribution >= 0.6 is 0 Å². The number of hydrogen-bond acceptors (Lipinski definition) is 2. The molecule has 0 amide bonds. The second-order valence-corrected chi connectivity index (χ2v) is 5.74. The van der Waals surface area contributed by atoms with Crippen LogP contribution in [-0.2, 0) is 4.79 Å². The van der Waals surface area contributed by atoms with Gasteiger partial charge in [0.1, 0.15) is 0 Å². The van der Waals surface area contributed by atoms with Gasteiger partial charge in [0, 0.05) is 6.42 Å². The summed E-state index contributed by atoms with van der Waals surface area (Å²) in [6.45, 7) is 10.8. The first-order chi connectivity index (χ1) is 7.33.